The Balaban J connectivity index is 0.000000338. The van der Waals surface area contributed by atoms with E-state index in [2.05, 4.69) is 25.9 Å². The number of amides is 1. The highest BCUT2D eigenvalue weighted by Gasteiger charge is 2.28. The van der Waals surface area contributed by atoms with Crippen LogP contribution in [0.5, 0.6) is 5.75 Å². The summed E-state index contributed by atoms with van der Waals surface area (Å²) in [5, 5.41) is 25.1. The first-order chi connectivity index (χ1) is 17.0. The minimum Gasteiger partial charge on any atom is -0.507 e. The quantitative estimate of drug-likeness (QED) is 0.410. The average molecular weight is 507 g/mol. The first kappa shape index (κ1) is 26.6. The Morgan fingerprint density at radius 2 is 1.92 bits per heavy atom. The first-order valence-electron chi connectivity index (χ1n) is 11.1. The number of aryl methyl sites for hydroxylation is 2. The van der Waals surface area contributed by atoms with E-state index in [1.54, 1.807) is 17.0 Å². The number of benzene rings is 2. The minimum absolute atomic E-state index is 0.114. The number of alkyl halides is 3. The zero-order chi connectivity index (χ0) is 26.3. The molecule has 0 fully saturated rings. The fourth-order valence-corrected chi connectivity index (χ4v) is 3.50. The number of aromatic nitrogens is 4. The molecule has 1 aliphatic rings. The van der Waals surface area contributed by atoms with E-state index in [0.717, 1.165) is 11.1 Å². The van der Waals surface area contributed by atoms with E-state index in [0.29, 0.717) is 30.0 Å². The highest BCUT2D eigenvalue weighted by molar-refractivity contribution is 5.95. The number of nitrogens with one attached hydrogen (secondary N) is 2. The second-order valence-electron chi connectivity index (χ2n) is 8.23. The second-order valence-corrected chi connectivity index (χ2v) is 8.23. The van der Waals surface area contributed by atoms with Gasteiger partial charge in [-0.15, -0.1) is 10.2 Å². The molecule has 0 radical (unpaired) electrons. The fraction of sp³-hybridized carbons (Fsp3) is 0.333. The Hall–Kier alpha value is -3.96. The molecule has 0 aliphatic carbocycles. The zero-order valence-corrected chi connectivity index (χ0v) is 19.7. The molecule has 0 atom stereocenters. The maximum Gasteiger partial charge on any atom is 0.389 e. The summed E-state index contributed by atoms with van der Waals surface area (Å²) in [6.45, 7) is 4.50. The van der Waals surface area contributed by atoms with Crippen LogP contribution in [0, 0.1) is 13.8 Å². The molecule has 36 heavy (non-hydrogen) atoms. The maximum absolute atomic E-state index is 13.6. The van der Waals surface area contributed by atoms with Gasteiger partial charge in [-0.1, -0.05) is 18.2 Å². The number of carbonyl (C=O) groups excluding carboxylic acids is 1. The van der Waals surface area contributed by atoms with Crippen molar-refractivity contribution < 1.29 is 27.5 Å². The van der Waals surface area contributed by atoms with Gasteiger partial charge in [0.15, 0.2) is 0 Å². The molecule has 2 heterocycles. The third-order valence-electron chi connectivity index (χ3n) is 5.41. The van der Waals surface area contributed by atoms with Gasteiger partial charge in [0.2, 0.25) is 11.7 Å². The number of para-hydroxylation sites is 1. The van der Waals surface area contributed by atoms with Gasteiger partial charge >= 0.3 is 6.18 Å². The van der Waals surface area contributed by atoms with Crippen LogP contribution in [0.4, 0.5) is 28.9 Å². The van der Waals surface area contributed by atoms with Crippen LogP contribution in [-0.2, 0) is 4.79 Å². The first-order valence-corrected chi connectivity index (χ1v) is 11.1. The van der Waals surface area contributed by atoms with E-state index in [4.69, 9.17) is 0 Å². The lowest BCUT2D eigenvalue weighted by molar-refractivity contribution is -0.142. The Bertz CT molecular complexity index is 1190. The molecule has 0 bridgehead atoms. The lowest BCUT2D eigenvalue weighted by atomic mass is 10.1. The largest absolute Gasteiger partial charge is 0.507 e. The van der Waals surface area contributed by atoms with Crippen LogP contribution >= 0.6 is 0 Å². The van der Waals surface area contributed by atoms with Crippen molar-refractivity contribution in [1.82, 2.24) is 20.6 Å². The highest BCUT2D eigenvalue weighted by atomic mass is 19.4. The number of halogens is 4. The number of hydrogen-bond acceptors (Lipinski definition) is 6. The SMILES string of the molecule is Cc1cccc(C)c1O.O=C(CCC(F)(F)F)Nc1ccc(N2CCC=C(F)C2)cc1-c1nn[nH]n1. The summed E-state index contributed by atoms with van der Waals surface area (Å²) >= 11 is 0. The summed E-state index contributed by atoms with van der Waals surface area (Å²) in [5.74, 6) is -0.447. The number of anilines is 2. The van der Waals surface area contributed by atoms with Gasteiger partial charge in [0.1, 0.15) is 11.6 Å². The van der Waals surface area contributed by atoms with E-state index in [1.807, 2.05) is 32.0 Å². The van der Waals surface area contributed by atoms with Gasteiger partial charge in [0.25, 0.3) is 0 Å². The third kappa shape index (κ3) is 7.52. The van der Waals surface area contributed by atoms with Crippen LogP contribution in [0.2, 0.25) is 0 Å². The van der Waals surface area contributed by atoms with Crippen molar-refractivity contribution in [1.29, 1.82) is 0 Å². The van der Waals surface area contributed by atoms with Gasteiger partial charge in [0, 0.05) is 24.2 Å². The molecule has 0 saturated heterocycles. The smallest absolute Gasteiger partial charge is 0.389 e. The molecule has 4 rings (SSSR count). The van der Waals surface area contributed by atoms with Gasteiger partial charge in [-0.05, 0) is 60.9 Å². The lowest BCUT2D eigenvalue weighted by Crippen LogP contribution is -2.28. The Kier molecular flexibility index (Phi) is 8.62. The van der Waals surface area contributed by atoms with Crippen LogP contribution in [0.25, 0.3) is 11.4 Å². The zero-order valence-electron chi connectivity index (χ0n) is 19.7. The summed E-state index contributed by atoms with van der Waals surface area (Å²) in [5.41, 5.74) is 3.17. The van der Waals surface area contributed by atoms with E-state index < -0.39 is 24.9 Å². The van der Waals surface area contributed by atoms with Crippen molar-refractivity contribution in [2.75, 3.05) is 23.3 Å². The minimum atomic E-state index is -4.41. The number of carbonyl (C=O) groups is 1. The molecule has 192 valence electrons. The Morgan fingerprint density at radius 3 is 2.50 bits per heavy atom. The van der Waals surface area contributed by atoms with Crippen molar-refractivity contribution >= 4 is 17.3 Å². The van der Waals surface area contributed by atoms with E-state index in [1.165, 1.54) is 12.1 Å². The van der Waals surface area contributed by atoms with Crippen molar-refractivity contribution in [3.8, 4) is 17.1 Å². The van der Waals surface area contributed by atoms with Crippen molar-refractivity contribution in [2.45, 2.75) is 39.3 Å². The van der Waals surface area contributed by atoms with Gasteiger partial charge in [0.05, 0.1) is 18.7 Å². The van der Waals surface area contributed by atoms with Crippen molar-refractivity contribution in [3.63, 3.8) is 0 Å². The number of aromatic amines is 1. The Labute approximate surface area is 205 Å². The summed E-state index contributed by atoms with van der Waals surface area (Å²) in [6, 6.07) is 10.5. The summed E-state index contributed by atoms with van der Waals surface area (Å²) in [4.78, 5) is 13.7. The number of phenolic OH excluding ortho intramolecular Hbond substituents is 1. The number of tetrazole rings is 1. The number of phenols is 1. The molecule has 3 N–H and O–H groups in total. The monoisotopic (exact) mass is 506 g/mol. The summed E-state index contributed by atoms with van der Waals surface area (Å²) < 4.78 is 50.4. The van der Waals surface area contributed by atoms with E-state index in [9.17, 15) is 27.5 Å². The van der Waals surface area contributed by atoms with Crippen LogP contribution in [-0.4, -0.2) is 50.9 Å². The normalized spacial score (nSPS) is 13.5. The van der Waals surface area contributed by atoms with Gasteiger partial charge in [-0.3, -0.25) is 4.79 Å². The van der Waals surface area contributed by atoms with Crippen molar-refractivity contribution in [2.24, 2.45) is 0 Å². The highest BCUT2D eigenvalue weighted by Crippen LogP contribution is 2.32. The van der Waals surface area contributed by atoms with E-state index in [-0.39, 0.29) is 23.9 Å². The van der Waals surface area contributed by atoms with E-state index >= 15 is 0 Å². The number of nitrogens with zero attached hydrogens (tertiary/aromatic N) is 4. The number of aromatic hydroxyl groups is 1. The predicted octanol–water partition coefficient (Wildman–Crippen LogP) is 5.22. The van der Waals surface area contributed by atoms with Gasteiger partial charge < -0.3 is 15.3 Å². The average Bonchev–Trinajstić information content (AvgIpc) is 3.36. The Morgan fingerprint density at radius 1 is 1.19 bits per heavy atom. The lowest BCUT2D eigenvalue weighted by Gasteiger charge is -2.27. The molecule has 8 nitrogen and oxygen atoms in total. The van der Waals surface area contributed by atoms with Crippen LogP contribution in [0.3, 0.4) is 0 Å². The maximum atomic E-state index is 13.6. The summed E-state index contributed by atoms with van der Waals surface area (Å²) in [7, 11) is 0. The third-order valence-corrected chi connectivity index (χ3v) is 5.41. The number of H-pyrrole nitrogens is 1. The standard InChI is InChI=1S/C16H16F4N6O.C8H10O/c17-10-2-1-7-26(9-10)11-3-4-13(12(8-11)15-22-24-25-23-15)21-14(27)5-6-16(18,19)20;1-6-4-3-5-7(2)8(6)9/h2-4,8H,1,5-7,9H2,(H,21,27)(H,22,23,24,25);3-5,9H,1-2H3. The molecule has 0 spiro atoms. The van der Waals surface area contributed by atoms with Crippen LogP contribution < -0.4 is 10.2 Å². The molecule has 1 amide bonds. The topological polar surface area (TPSA) is 107 Å². The molecular formula is C24H26F4N6O2. The fourth-order valence-electron chi connectivity index (χ4n) is 3.50. The van der Waals surface area contributed by atoms with Crippen LogP contribution in [0.1, 0.15) is 30.4 Å². The molecule has 3 aromatic rings. The molecule has 0 saturated carbocycles. The molecule has 0 unspecified atom stereocenters. The number of rotatable bonds is 5. The number of hydrogen-bond donors (Lipinski definition) is 3. The van der Waals surface area contributed by atoms with Gasteiger partial charge in [-0.2, -0.15) is 18.4 Å². The molecule has 1 aromatic heterocycles. The molecule has 2 aromatic carbocycles. The molecule has 1 aliphatic heterocycles. The molecule has 12 heteroatoms. The van der Waals surface area contributed by atoms with Crippen LogP contribution in [0.15, 0.2) is 48.3 Å². The second kappa shape index (κ2) is 11.6. The predicted molar refractivity (Wildman–Crippen MR) is 127 cm³/mol. The van der Waals surface area contributed by atoms with Crippen molar-refractivity contribution in [3.05, 3.63) is 59.4 Å². The summed E-state index contributed by atoms with van der Waals surface area (Å²) in [6.07, 6.45) is -4.25. The molecular weight excluding hydrogens is 480 g/mol. The van der Waals surface area contributed by atoms with Gasteiger partial charge in [-0.25, -0.2) is 4.39 Å².